The molecule has 3 atom stereocenters. The maximum atomic E-state index is 5.86. The van der Waals surface area contributed by atoms with E-state index in [4.69, 9.17) is 5.73 Å². The molecule has 1 heterocycles. The van der Waals surface area contributed by atoms with Crippen LogP contribution in [0.25, 0.3) is 0 Å². The molecule has 3 unspecified atom stereocenters. The Morgan fingerprint density at radius 2 is 2.33 bits per heavy atom. The fraction of sp³-hybridized carbons (Fsp3) is 0.600. The third-order valence-corrected chi connectivity index (χ3v) is 3.89. The Labute approximate surface area is 77.6 Å². The van der Waals surface area contributed by atoms with Gasteiger partial charge >= 0.3 is 0 Å². The summed E-state index contributed by atoms with van der Waals surface area (Å²) in [6.45, 7) is 4.42. The monoisotopic (exact) mass is 181 g/mol. The van der Waals surface area contributed by atoms with Gasteiger partial charge in [-0.15, -0.1) is 11.3 Å². The third-order valence-electron chi connectivity index (χ3n) is 3.02. The number of hydrogen-bond donors (Lipinski definition) is 1. The van der Waals surface area contributed by atoms with Crippen molar-refractivity contribution in [1.29, 1.82) is 0 Å². The van der Waals surface area contributed by atoms with Gasteiger partial charge < -0.3 is 5.73 Å². The Hall–Kier alpha value is -0.340. The van der Waals surface area contributed by atoms with Crippen molar-refractivity contribution in [3.8, 4) is 0 Å². The highest BCUT2D eigenvalue weighted by Gasteiger charge is 2.36. The first kappa shape index (κ1) is 8.27. The van der Waals surface area contributed by atoms with Crippen molar-refractivity contribution in [3.63, 3.8) is 0 Å². The van der Waals surface area contributed by atoms with Gasteiger partial charge in [-0.1, -0.05) is 6.92 Å². The zero-order valence-corrected chi connectivity index (χ0v) is 8.40. The molecule has 1 fully saturated rings. The minimum absolute atomic E-state index is 0.440. The second-order valence-electron chi connectivity index (χ2n) is 3.86. The Morgan fingerprint density at radius 3 is 2.75 bits per heavy atom. The average Bonchev–Trinajstić information content (AvgIpc) is 2.46. The molecule has 0 radical (unpaired) electrons. The molecule has 1 saturated carbocycles. The van der Waals surface area contributed by atoms with Crippen molar-refractivity contribution >= 4 is 11.3 Å². The fourth-order valence-electron chi connectivity index (χ4n) is 1.92. The molecule has 0 aliphatic heterocycles. The van der Waals surface area contributed by atoms with Crippen LogP contribution < -0.4 is 5.73 Å². The van der Waals surface area contributed by atoms with Crippen LogP contribution in [0.4, 0.5) is 0 Å². The molecule has 0 bridgehead atoms. The van der Waals surface area contributed by atoms with Gasteiger partial charge in [-0.25, -0.2) is 0 Å². The first-order valence-electron chi connectivity index (χ1n) is 4.49. The molecule has 0 saturated heterocycles. The lowest BCUT2D eigenvalue weighted by Gasteiger charge is -2.40. The summed E-state index contributed by atoms with van der Waals surface area (Å²) in [5, 5.41) is 2.28. The second-order valence-corrected chi connectivity index (χ2v) is 4.97. The minimum atomic E-state index is 0.440. The van der Waals surface area contributed by atoms with E-state index in [-0.39, 0.29) is 0 Å². The van der Waals surface area contributed by atoms with Crippen LogP contribution in [0, 0.1) is 12.8 Å². The number of hydrogen-bond acceptors (Lipinski definition) is 2. The minimum Gasteiger partial charge on any atom is -0.327 e. The normalized spacial score (nSPS) is 34.8. The summed E-state index contributed by atoms with van der Waals surface area (Å²) in [7, 11) is 0. The lowest BCUT2D eigenvalue weighted by Crippen LogP contribution is -2.43. The number of thiophene rings is 1. The van der Waals surface area contributed by atoms with Crippen LogP contribution >= 0.6 is 11.3 Å². The van der Waals surface area contributed by atoms with E-state index in [2.05, 4.69) is 25.3 Å². The third kappa shape index (κ3) is 1.19. The SMILES string of the molecule is Cc1cc(C2CC(N)C2C)cs1. The van der Waals surface area contributed by atoms with Gasteiger partial charge in [0.1, 0.15) is 0 Å². The Balaban J connectivity index is 2.12. The van der Waals surface area contributed by atoms with Crippen LogP contribution in [0.5, 0.6) is 0 Å². The van der Waals surface area contributed by atoms with Crippen molar-refractivity contribution in [2.45, 2.75) is 32.2 Å². The predicted molar refractivity (Wildman–Crippen MR) is 53.6 cm³/mol. The molecule has 1 aromatic rings. The summed E-state index contributed by atoms with van der Waals surface area (Å²) in [5.74, 6) is 1.42. The van der Waals surface area contributed by atoms with Crippen molar-refractivity contribution in [1.82, 2.24) is 0 Å². The van der Waals surface area contributed by atoms with Gasteiger partial charge in [-0.3, -0.25) is 0 Å². The lowest BCUT2D eigenvalue weighted by atomic mass is 9.68. The summed E-state index contributed by atoms with van der Waals surface area (Å²) >= 11 is 1.84. The number of rotatable bonds is 1. The summed E-state index contributed by atoms with van der Waals surface area (Å²) in [6, 6.07) is 2.74. The molecule has 1 aliphatic rings. The van der Waals surface area contributed by atoms with E-state index in [0.29, 0.717) is 12.0 Å². The standard InChI is InChI=1S/C10H15NS/c1-6-3-8(5-12-6)9-4-10(11)7(9)2/h3,5,7,9-10H,4,11H2,1-2H3. The Bertz CT molecular complexity index is 279. The van der Waals surface area contributed by atoms with Crippen LogP contribution in [0.2, 0.25) is 0 Å². The van der Waals surface area contributed by atoms with Crippen LogP contribution in [-0.2, 0) is 0 Å². The van der Waals surface area contributed by atoms with Gasteiger partial charge in [0.25, 0.3) is 0 Å². The molecule has 0 spiro atoms. The predicted octanol–water partition coefficient (Wildman–Crippen LogP) is 2.51. The quantitative estimate of drug-likeness (QED) is 0.708. The lowest BCUT2D eigenvalue weighted by molar-refractivity contribution is 0.227. The molecule has 2 heteroatoms. The van der Waals surface area contributed by atoms with Gasteiger partial charge in [0, 0.05) is 10.9 Å². The van der Waals surface area contributed by atoms with E-state index in [1.54, 1.807) is 0 Å². The molecule has 12 heavy (non-hydrogen) atoms. The van der Waals surface area contributed by atoms with E-state index in [9.17, 15) is 0 Å². The van der Waals surface area contributed by atoms with Gasteiger partial charge in [0.15, 0.2) is 0 Å². The van der Waals surface area contributed by atoms with Gasteiger partial charge in [0.2, 0.25) is 0 Å². The van der Waals surface area contributed by atoms with Gasteiger partial charge in [-0.2, -0.15) is 0 Å². The number of aryl methyl sites for hydroxylation is 1. The van der Waals surface area contributed by atoms with Crippen LogP contribution in [-0.4, -0.2) is 6.04 Å². The molecule has 0 aromatic carbocycles. The maximum Gasteiger partial charge on any atom is 0.00763 e. The van der Waals surface area contributed by atoms with E-state index in [0.717, 1.165) is 5.92 Å². The molecule has 66 valence electrons. The van der Waals surface area contributed by atoms with Gasteiger partial charge in [-0.05, 0) is 42.2 Å². The van der Waals surface area contributed by atoms with Crippen molar-refractivity contribution in [2.75, 3.05) is 0 Å². The van der Waals surface area contributed by atoms with E-state index in [1.807, 2.05) is 11.3 Å². The van der Waals surface area contributed by atoms with Crippen LogP contribution in [0.1, 0.15) is 29.7 Å². The van der Waals surface area contributed by atoms with Crippen molar-refractivity contribution < 1.29 is 0 Å². The maximum absolute atomic E-state index is 5.86. The molecular formula is C10H15NS. The highest BCUT2D eigenvalue weighted by Crippen LogP contribution is 2.42. The largest absolute Gasteiger partial charge is 0.327 e. The Morgan fingerprint density at radius 1 is 1.58 bits per heavy atom. The summed E-state index contributed by atoms with van der Waals surface area (Å²) in [5.41, 5.74) is 7.37. The highest BCUT2D eigenvalue weighted by molar-refractivity contribution is 7.10. The fourth-order valence-corrected chi connectivity index (χ4v) is 2.69. The molecule has 1 aliphatic carbocycles. The first-order valence-corrected chi connectivity index (χ1v) is 5.37. The molecular weight excluding hydrogens is 166 g/mol. The van der Waals surface area contributed by atoms with E-state index >= 15 is 0 Å². The first-order chi connectivity index (χ1) is 5.68. The van der Waals surface area contributed by atoms with Crippen LogP contribution in [0.15, 0.2) is 11.4 Å². The van der Waals surface area contributed by atoms with E-state index < -0.39 is 0 Å². The van der Waals surface area contributed by atoms with Crippen LogP contribution in [0.3, 0.4) is 0 Å². The Kier molecular flexibility index (Phi) is 1.97. The summed E-state index contributed by atoms with van der Waals surface area (Å²) in [6.07, 6.45) is 1.18. The smallest absolute Gasteiger partial charge is 0.00763 e. The molecule has 1 nitrogen and oxygen atoms in total. The highest BCUT2D eigenvalue weighted by atomic mass is 32.1. The zero-order valence-electron chi connectivity index (χ0n) is 7.58. The van der Waals surface area contributed by atoms with E-state index in [1.165, 1.54) is 16.9 Å². The topological polar surface area (TPSA) is 26.0 Å². The molecule has 1 aromatic heterocycles. The number of nitrogens with two attached hydrogens (primary N) is 1. The zero-order chi connectivity index (χ0) is 8.72. The average molecular weight is 181 g/mol. The molecule has 2 rings (SSSR count). The van der Waals surface area contributed by atoms with Gasteiger partial charge in [0.05, 0.1) is 0 Å². The summed E-state index contributed by atoms with van der Waals surface area (Å²) < 4.78 is 0. The van der Waals surface area contributed by atoms with Crippen molar-refractivity contribution in [3.05, 3.63) is 21.9 Å². The van der Waals surface area contributed by atoms with Crippen molar-refractivity contribution in [2.24, 2.45) is 11.7 Å². The molecule has 2 N–H and O–H groups in total. The molecule has 0 amide bonds. The second kappa shape index (κ2) is 2.86. The summed E-state index contributed by atoms with van der Waals surface area (Å²) in [4.78, 5) is 1.41.